The lowest BCUT2D eigenvalue weighted by molar-refractivity contribution is -0.207. The number of alkyl halides is 3. The van der Waals surface area contributed by atoms with E-state index in [1.54, 1.807) is 0 Å². The number of nitrogens with two attached hydrogens (primary N) is 1. The molecule has 4 N–H and O–H groups in total. The van der Waals surface area contributed by atoms with E-state index in [2.05, 4.69) is 10.7 Å². The Morgan fingerprint density at radius 3 is 2.26 bits per heavy atom. The zero-order chi connectivity index (χ0) is 20.8. The largest absolute Gasteiger partial charge is 0.490 e. The summed E-state index contributed by atoms with van der Waals surface area (Å²) in [7, 11) is 2.50. The molecule has 1 aromatic heterocycles. The summed E-state index contributed by atoms with van der Waals surface area (Å²) in [6, 6.07) is 6.42. The minimum Gasteiger partial charge on any atom is -0.490 e. The number of fused-ring (bicyclic) bond motifs is 1. The number of aromatic nitrogens is 1. The Labute approximate surface area is 154 Å². The predicted molar refractivity (Wildman–Crippen MR) is 92.8 cm³/mol. The highest BCUT2D eigenvalue weighted by Crippen LogP contribution is 2.43. The molecule has 0 bridgehead atoms. The number of hydrogen-bond acceptors (Lipinski definition) is 5. The van der Waals surface area contributed by atoms with Gasteiger partial charge in [-0.2, -0.15) is 13.2 Å². The molecule has 0 fully saturated rings. The smallest absolute Gasteiger partial charge is 0.420 e. The number of pyridine rings is 1. The maximum absolute atomic E-state index is 13.1. The number of rotatable bonds is 2. The van der Waals surface area contributed by atoms with Gasteiger partial charge in [-0.05, 0) is 37.4 Å². The summed E-state index contributed by atoms with van der Waals surface area (Å²) < 4.78 is 57.0. The second kappa shape index (κ2) is 9.63. The molecule has 0 radical (unpaired) electrons. The fourth-order valence-corrected chi connectivity index (χ4v) is 2.50. The molecule has 1 aliphatic heterocycles. The third-order valence-corrected chi connectivity index (χ3v) is 3.74. The van der Waals surface area contributed by atoms with Crippen LogP contribution in [0.1, 0.15) is 30.2 Å². The average Bonchev–Trinajstić information content (AvgIpc) is 3.05. The first kappa shape index (κ1) is 22.8. The van der Waals surface area contributed by atoms with Crippen LogP contribution in [-0.4, -0.2) is 42.1 Å². The van der Waals surface area contributed by atoms with Gasteiger partial charge in [-0.25, -0.2) is 9.37 Å². The average molecular weight is 390 g/mol. The van der Waals surface area contributed by atoms with Crippen LogP contribution in [-0.2, 0) is 0 Å². The zero-order valence-corrected chi connectivity index (χ0v) is 15.1. The fraction of sp³-hybridized carbons (Fsp3) is 0.389. The molecule has 5 nitrogen and oxygen atoms in total. The van der Waals surface area contributed by atoms with Gasteiger partial charge >= 0.3 is 6.18 Å². The normalized spacial score (nSPS) is 16.1. The van der Waals surface area contributed by atoms with Crippen LogP contribution in [0.15, 0.2) is 30.3 Å². The minimum absolute atomic E-state index is 0.119. The molecule has 27 heavy (non-hydrogen) atoms. The molecular weight excluding hydrogens is 368 g/mol. The van der Waals surface area contributed by atoms with Gasteiger partial charge in [0.25, 0.3) is 0 Å². The molecule has 2 atom stereocenters. The Morgan fingerprint density at radius 2 is 1.74 bits per heavy atom. The Hall–Kier alpha value is -2.23. The van der Waals surface area contributed by atoms with Gasteiger partial charge in [0, 0.05) is 24.2 Å². The Kier molecular flexibility index (Phi) is 8.14. The van der Waals surface area contributed by atoms with E-state index in [1.165, 1.54) is 37.4 Å². The van der Waals surface area contributed by atoms with E-state index in [4.69, 9.17) is 9.84 Å². The molecule has 0 spiro atoms. The van der Waals surface area contributed by atoms with Crippen molar-refractivity contribution in [2.45, 2.75) is 25.1 Å². The highest BCUT2D eigenvalue weighted by molar-refractivity contribution is 5.70. The Bertz CT molecular complexity index is 737. The van der Waals surface area contributed by atoms with Crippen LogP contribution in [0.2, 0.25) is 0 Å². The second-order valence-corrected chi connectivity index (χ2v) is 5.48. The molecule has 0 saturated carbocycles. The molecule has 0 saturated heterocycles. The van der Waals surface area contributed by atoms with Crippen LogP contribution >= 0.6 is 0 Å². The van der Waals surface area contributed by atoms with Crippen LogP contribution in [0.5, 0.6) is 5.75 Å². The molecule has 1 aliphatic rings. The van der Waals surface area contributed by atoms with Gasteiger partial charge in [-0.3, -0.25) is 0 Å². The number of halogens is 4. The molecular formula is C18H22F4N2O3. The number of ether oxygens (including phenoxy) is 1. The van der Waals surface area contributed by atoms with Crippen LogP contribution in [0.3, 0.4) is 0 Å². The molecule has 2 aromatic rings. The van der Waals surface area contributed by atoms with Gasteiger partial charge in [-0.1, -0.05) is 6.92 Å². The van der Waals surface area contributed by atoms with Gasteiger partial charge in [0.2, 0.25) is 0 Å². The van der Waals surface area contributed by atoms with Crippen molar-refractivity contribution in [3.05, 3.63) is 47.4 Å². The van der Waals surface area contributed by atoms with Crippen molar-refractivity contribution >= 4 is 0 Å². The standard InChI is InChI=1S/C16H13F4NO2.CH5N.CH4O/c1-8-7-23-14-11(8)6-12(15(22)16(18,19)20)21-13(14)9-2-4-10(17)5-3-9;2*1-2/h2-6,8,15,22H,7H2,1H3;2H2,1H3;2H,1H3. The lowest BCUT2D eigenvalue weighted by Gasteiger charge is -2.17. The summed E-state index contributed by atoms with van der Waals surface area (Å²) in [4.78, 5) is 3.93. The SMILES string of the molecule is CC1COc2c1cc(C(O)C(F)(F)F)nc2-c1ccc(F)cc1.CN.CO. The maximum Gasteiger partial charge on any atom is 0.420 e. The van der Waals surface area contributed by atoms with E-state index in [1.807, 2.05) is 6.92 Å². The van der Waals surface area contributed by atoms with Crippen molar-refractivity contribution < 1.29 is 32.5 Å². The minimum atomic E-state index is -4.82. The van der Waals surface area contributed by atoms with Crippen molar-refractivity contribution in [1.82, 2.24) is 4.98 Å². The number of aliphatic hydroxyl groups excluding tert-OH is 2. The molecule has 3 rings (SSSR count). The lowest BCUT2D eigenvalue weighted by Crippen LogP contribution is -2.21. The lowest BCUT2D eigenvalue weighted by atomic mass is 9.98. The number of hydrogen-bond donors (Lipinski definition) is 3. The van der Waals surface area contributed by atoms with Crippen molar-refractivity contribution in [3.8, 4) is 17.0 Å². The predicted octanol–water partition coefficient (Wildman–Crippen LogP) is 3.16. The first-order valence-corrected chi connectivity index (χ1v) is 7.98. The monoisotopic (exact) mass is 390 g/mol. The van der Waals surface area contributed by atoms with Gasteiger partial charge < -0.3 is 20.7 Å². The summed E-state index contributed by atoms with van der Waals surface area (Å²) in [6.45, 7) is 2.13. The summed E-state index contributed by atoms with van der Waals surface area (Å²) in [5.41, 5.74) is 5.16. The van der Waals surface area contributed by atoms with Crippen LogP contribution in [0.25, 0.3) is 11.3 Å². The first-order chi connectivity index (χ1) is 12.8. The van der Waals surface area contributed by atoms with Crippen molar-refractivity contribution in [2.75, 3.05) is 20.8 Å². The zero-order valence-electron chi connectivity index (χ0n) is 15.1. The van der Waals surface area contributed by atoms with E-state index >= 15 is 0 Å². The summed E-state index contributed by atoms with van der Waals surface area (Å²) in [6.07, 6.45) is -7.50. The molecule has 0 amide bonds. The molecule has 9 heteroatoms. The molecule has 0 aliphatic carbocycles. The van der Waals surface area contributed by atoms with Gasteiger partial charge in [0.05, 0.1) is 12.3 Å². The van der Waals surface area contributed by atoms with E-state index in [0.29, 0.717) is 23.5 Å². The quantitative estimate of drug-likeness (QED) is 0.686. The highest BCUT2D eigenvalue weighted by Gasteiger charge is 2.41. The van der Waals surface area contributed by atoms with Crippen molar-refractivity contribution in [3.63, 3.8) is 0 Å². The van der Waals surface area contributed by atoms with E-state index in [9.17, 15) is 22.7 Å². The Morgan fingerprint density at radius 1 is 1.19 bits per heavy atom. The summed E-state index contributed by atoms with van der Waals surface area (Å²) >= 11 is 0. The number of aliphatic hydroxyl groups is 2. The van der Waals surface area contributed by atoms with Gasteiger partial charge in [-0.15, -0.1) is 0 Å². The van der Waals surface area contributed by atoms with Crippen LogP contribution < -0.4 is 10.5 Å². The first-order valence-electron chi connectivity index (χ1n) is 7.98. The maximum atomic E-state index is 13.1. The van der Waals surface area contributed by atoms with Crippen molar-refractivity contribution in [1.29, 1.82) is 0 Å². The third-order valence-electron chi connectivity index (χ3n) is 3.74. The van der Waals surface area contributed by atoms with Crippen molar-refractivity contribution in [2.24, 2.45) is 5.73 Å². The van der Waals surface area contributed by atoms with E-state index in [-0.39, 0.29) is 11.6 Å². The van der Waals surface area contributed by atoms with Crippen LogP contribution in [0, 0.1) is 5.82 Å². The van der Waals surface area contributed by atoms with Gasteiger partial charge in [0.1, 0.15) is 17.3 Å². The summed E-state index contributed by atoms with van der Waals surface area (Å²) in [5, 5.41) is 16.5. The van der Waals surface area contributed by atoms with E-state index < -0.39 is 23.8 Å². The molecule has 1 aromatic carbocycles. The molecule has 150 valence electrons. The number of nitrogens with zero attached hydrogens (tertiary/aromatic N) is 1. The van der Waals surface area contributed by atoms with E-state index in [0.717, 1.165) is 7.11 Å². The topological polar surface area (TPSA) is 88.6 Å². The Balaban J connectivity index is 0.000000855. The number of benzene rings is 1. The fourth-order valence-electron chi connectivity index (χ4n) is 2.50. The second-order valence-electron chi connectivity index (χ2n) is 5.48. The van der Waals surface area contributed by atoms with Crippen LogP contribution in [0.4, 0.5) is 17.6 Å². The molecule has 2 unspecified atom stereocenters. The highest BCUT2D eigenvalue weighted by atomic mass is 19.4. The van der Waals surface area contributed by atoms with Gasteiger partial charge in [0.15, 0.2) is 6.10 Å². The third kappa shape index (κ3) is 5.15. The molecule has 2 heterocycles. The summed E-state index contributed by atoms with van der Waals surface area (Å²) in [5.74, 6) is -0.209.